The number of likely N-dealkylation sites (tertiary alicyclic amines) is 1. The van der Waals surface area contributed by atoms with E-state index >= 15 is 0 Å². The zero-order valence-corrected chi connectivity index (χ0v) is 20.0. The summed E-state index contributed by atoms with van der Waals surface area (Å²) in [5.74, 6) is -0.0369. The van der Waals surface area contributed by atoms with Gasteiger partial charge in [-0.1, -0.05) is 48.1 Å². The Morgan fingerprint density at radius 2 is 1.24 bits per heavy atom. The highest BCUT2D eigenvalue weighted by Crippen LogP contribution is 2.41. The first kappa shape index (κ1) is 22.6. The molecule has 0 aromatic rings. The molecule has 0 aromatic heterocycles. The fourth-order valence-corrected chi connectivity index (χ4v) is 5.06. The lowest BCUT2D eigenvalue weighted by Crippen LogP contribution is -2.51. The van der Waals surface area contributed by atoms with Gasteiger partial charge in [0.25, 0.3) is 0 Å². The molecule has 0 radical (unpaired) electrons. The Morgan fingerprint density at radius 1 is 0.920 bits per heavy atom. The van der Waals surface area contributed by atoms with Crippen LogP contribution in [0, 0.1) is 0 Å². The second-order valence-electron chi connectivity index (χ2n) is 10.3. The molecule has 4 nitrogen and oxygen atoms in total. The Hall–Kier alpha value is -0.436. The van der Waals surface area contributed by atoms with E-state index in [4.69, 9.17) is 8.85 Å². The van der Waals surface area contributed by atoms with Crippen LogP contribution < -0.4 is 0 Å². The molecule has 0 unspecified atom stereocenters. The molecule has 0 aromatic carbocycles. The molecule has 1 aliphatic heterocycles. The van der Waals surface area contributed by atoms with Crippen molar-refractivity contribution in [3.05, 3.63) is 12.7 Å². The molecular formula is C19H39NO3Si2. The van der Waals surface area contributed by atoms with E-state index in [1.54, 1.807) is 0 Å². The molecule has 0 bridgehead atoms. The van der Waals surface area contributed by atoms with E-state index in [9.17, 15) is 4.79 Å². The summed E-state index contributed by atoms with van der Waals surface area (Å²) in [7, 11) is -3.87. The van der Waals surface area contributed by atoms with Gasteiger partial charge >= 0.3 is 0 Å². The summed E-state index contributed by atoms with van der Waals surface area (Å²) in [4.78, 5) is 14.0. The Morgan fingerprint density at radius 3 is 1.48 bits per heavy atom. The van der Waals surface area contributed by atoms with Gasteiger partial charge in [-0.2, -0.15) is 0 Å². The van der Waals surface area contributed by atoms with Gasteiger partial charge in [0.05, 0.1) is 12.2 Å². The van der Waals surface area contributed by atoms with E-state index in [1.807, 2.05) is 4.90 Å². The van der Waals surface area contributed by atoms with Gasteiger partial charge in [-0.3, -0.25) is 4.79 Å². The molecule has 1 rings (SSSR count). The number of carbonyl (C=O) groups is 1. The molecular weight excluding hydrogens is 346 g/mol. The van der Waals surface area contributed by atoms with Crippen molar-refractivity contribution in [2.24, 2.45) is 0 Å². The number of rotatable bonds is 5. The number of hydrogen-bond acceptors (Lipinski definition) is 3. The summed E-state index contributed by atoms with van der Waals surface area (Å²) in [6.07, 6.45) is 1.27. The van der Waals surface area contributed by atoms with E-state index in [2.05, 4.69) is 74.3 Å². The first-order valence-electron chi connectivity index (χ1n) is 9.29. The summed E-state index contributed by atoms with van der Waals surface area (Å²) >= 11 is 0. The van der Waals surface area contributed by atoms with Gasteiger partial charge in [0, 0.05) is 13.1 Å². The maximum Gasteiger partial charge on any atom is 0.246 e. The maximum absolute atomic E-state index is 12.1. The average Bonchev–Trinajstić information content (AvgIpc) is 2.77. The van der Waals surface area contributed by atoms with Gasteiger partial charge in [0.2, 0.25) is 5.91 Å². The van der Waals surface area contributed by atoms with Crippen LogP contribution in [0.5, 0.6) is 0 Å². The largest absolute Gasteiger partial charge is 0.409 e. The van der Waals surface area contributed by atoms with Crippen molar-refractivity contribution in [3.63, 3.8) is 0 Å². The summed E-state index contributed by atoms with van der Waals surface area (Å²) in [6.45, 7) is 27.3. The predicted molar refractivity (Wildman–Crippen MR) is 111 cm³/mol. The number of amides is 1. The third kappa shape index (κ3) is 5.28. The molecule has 1 saturated heterocycles. The van der Waals surface area contributed by atoms with Gasteiger partial charge in [-0.15, -0.1) is 0 Å². The van der Waals surface area contributed by atoms with Crippen molar-refractivity contribution in [2.45, 2.75) is 90.0 Å². The third-order valence-corrected chi connectivity index (χ3v) is 15.2. The minimum Gasteiger partial charge on any atom is -0.409 e. The second-order valence-corrected chi connectivity index (χ2v) is 19.8. The minimum atomic E-state index is -1.94. The van der Waals surface area contributed by atoms with Crippen LogP contribution in [0.15, 0.2) is 12.7 Å². The Bertz CT molecular complexity index is 468. The highest BCUT2D eigenvalue weighted by Gasteiger charge is 2.48. The molecule has 146 valence electrons. The van der Waals surface area contributed by atoms with Gasteiger partial charge in [-0.05, 0) is 42.3 Å². The van der Waals surface area contributed by atoms with E-state index in [1.165, 1.54) is 6.08 Å². The van der Waals surface area contributed by atoms with Crippen LogP contribution in [0.1, 0.15) is 41.5 Å². The monoisotopic (exact) mass is 385 g/mol. The van der Waals surface area contributed by atoms with E-state index < -0.39 is 16.6 Å². The summed E-state index contributed by atoms with van der Waals surface area (Å²) < 4.78 is 13.3. The summed E-state index contributed by atoms with van der Waals surface area (Å²) in [6, 6.07) is 0. The van der Waals surface area contributed by atoms with E-state index in [-0.39, 0.29) is 28.2 Å². The average molecular weight is 386 g/mol. The van der Waals surface area contributed by atoms with Gasteiger partial charge in [0.1, 0.15) is 0 Å². The van der Waals surface area contributed by atoms with Crippen molar-refractivity contribution in [1.29, 1.82) is 0 Å². The maximum atomic E-state index is 12.1. The lowest BCUT2D eigenvalue weighted by atomic mass is 10.2. The highest BCUT2D eigenvalue weighted by molar-refractivity contribution is 6.74. The fourth-order valence-electron chi connectivity index (χ4n) is 2.39. The van der Waals surface area contributed by atoms with Crippen LogP contribution in [0.25, 0.3) is 0 Å². The first-order valence-corrected chi connectivity index (χ1v) is 15.1. The van der Waals surface area contributed by atoms with Crippen LogP contribution >= 0.6 is 0 Å². The van der Waals surface area contributed by atoms with Crippen molar-refractivity contribution < 1.29 is 13.6 Å². The van der Waals surface area contributed by atoms with Crippen LogP contribution in [0.2, 0.25) is 36.3 Å². The molecule has 0 N–H and O–H groups in total. The highest BCUT2D eigenvalue weighted by atomic mass is 28.4. The summed E-state index contributed by atoms with van der Waals surface area (Å²) in [5, 5.41) is 0.259. The second kappa shape index (κ2) is 7.29. The fraction of sp³-hybridized carbons (Fsp3) is 0.842. The van der Waals surface area contributed by atoms with E-state index in [0.717, 1.165) is 0 Å². The Balaban J connectivity index is 3.05. The predicted octanol–water partition coefficient (Wildman–Crippen LogP) is 4.80. The molecule has 1 amide bonds. The normalized spacial score (nSPS) is 23.0. The van der Waals surface area contributed by atoms with Crippen molar-refractivity contribution in [1.82, 2.24) is 4.90 Å². The van der Waals surface area contributed by atoms with Gasteiger partial charge in [-0.25, -0.2) is 0 Å². The van der Waals surface area contributed by atoms with Gasteiger partial charge in [0.15, 0.2) is 16.6 Å². The Labute approximate surface area is 157 Å². The van der Waals surface area contributed by atoms with Crippen LogP contribution in [-0.4, -0.2) is 52.7 Å². The molecule has 1 heterocycles. The number of hydrogen-bond donors (Lipinski definition) is 0. The SMILES string of the molecule is C=CC(=O)N1C[C@H](O[Si](C)(C)C(C)(C)C)[C@@H](O[Si](C)(C)C(C)(C)C)C1. The minimum absolute atomic E-state index is 0.0369. The van der Waals surface area contributed by atoms with Crippen LogP contribution in [0.3, 0.4) is 0 Å². The standard InChI is InChI=1S/C19H39NO3Si2/c1-12-17(21)20-13-15(22-24(8,9)18(2,3)4)16(14-20)23-25(10,11)19(5,6)7/h12,15-16H,1,13-14H2,2-11H3/t15-,16-/m0/s1. The van der Waals surface area contributed by atoms with Crippen molar-refractivity contribution in [3.8, 4) is 0 Å². The number of nitrogens with zero attached hydrogens (tertiary/aromatic N) is 1. The van der Waals surface area contributed by atoms with Crippen LogP contribution in [-0.2, 0) is 13.6 Å². The van der Waals surface area contributed by atoms with Crippen molar-refractivity contribution >= 4 is 22.5 Å². The first-order chi connectivity index (χ1) is 11.0. The lowest BCUT2D eigenvalue weighted by Gasteiger charge is -2.42. The molecule has 1 aliphatic rings. The van der Waals surface area contributed by atoms with E-state index in [0.29, 0.717) is 13.1 Å². The molecule has 0 saturated carbocycles. The molecule has 1 fully saturated rings. The molecule has 2 atom stereocenters. The zero-order chi connectivity index (χ0) is 19.8. The molecule has 0 aliphatic carbocycles. The molecule has 0 spiro atoms. The smallest absolute Gasteiger partial charge is 0.246 e. The quantitative estimate of drug-likeness (QED) is 0.504. The Kier molecular flexibility index (Phi) is 6.59. The van der Waals surface area contributed by atoms with Crippen LogP contribution in [0.4, 0.5) is 0 Å². The van der Waals surface area contributed by atoms with Gasteiger partial charge < -0.3 is 13.8 Å². The number of carbonyl (C=O) groups excluding carboxylic acids is 1. The molecule has 25 heavy (non-hydrogen) atoms. The summed E-state index contributed by atoms with van der Waals surface area (Å²) in [5.41, 5.74) is 0. The zero-order valence-electron chi connectivity index (χ0n) is 18.0. The van der Waals surface area contributed by atoms with Crippen molar-refractivity contribution in [2.75, 3.05) is 13.1 Å². The third-order valence-electron chi connectivity index (χ3n) is 6.21. The lowest BCUT2D eigenvalue weighted by molar-refractivity contribution is -0.125. The molecule has 6 heteroatoms. The topological polar surface area (TPSA) is 38.8 Å².